The van der Waals surface area contributed by atoms with Crippen molar-refractivity contribution in [1.29, 1.82) is 0 Å². The van der Waals surface area contributed by atoms with E-state index < -0.39 is 0 Å². The Labute approximate surface area is 69.0 Å². The summed E-state index contributed by atoms with van der Waals surface area (Å²) in [7, 11) is -0.321. The highest BCUT2D eigenvalue weighted by atomic mass is 16.2. The lowest BCUT2D eigenvalue weighted by Crippen LogP contribution is -2.46. The van der Waals surface area contributed by atoms with E-state index in [-0.39, 0.29) is 7.05 Å². The molecule has 0 amide bonds. The van der Waals surface area contributed by atoms with Gasteiger partial charge < -0.3 is 9.83 Å². The molecule has 1 atom stereocenters. The molecule has 0 saturated carbocycles. The summed E-state index contributed by atoms with van der Waals surface area (Å²) in [6, 6.07) is 0.392. The van der Waals surface area contributed by atoms with Gasteiger partial charge in [-0.1, -0.05) is 12.5 Å². The molecule has 3 heteroatoms. The van der Waals surface area contributed by atoms with E-state index in [0.717, 1.165) is 13.0 Å². The number of piperidine rings is 1. The van der Waals surface area contributed by atoms with Crippen molar-refractivity contribution in [2.75, 3.05) is 6.54 Å². The van der Waals surface area contributed by atoms with Crippen molar-refractivity contribution in [3.8, 4) is 0 Å². The minimum Gasteiger partial charge on any atom is -0.437 e. The summed E-state index contributed by atoms with van der Waals surface area (Å²) in [6.07, 6.45) is 5.55. The number of hydrogen-bond donors (Lipinski definition) is 1. The number of hydrogen-bond acceptors (Lipinski definition) is 2. The zero-order chi connectivity index (χ0) is 8.27. The molecular weight excluding hydrogens is 137 g/mol. The fourth-order valence-electron chi connectivity index (χ4n) is 1.70. The van der Waals surface area contributed by atoms with E-state index in [2.05, 4.69) is 11.4 Å². The Morgan fingerprint density at radius 3 is 2.82 bits per heavy atom. The van der Waals surface area contributed by atoms with Crippen LogP contribution in [0, 0.1) is 0 Å². The zero-order valence-electron chi connectivity index (χ0n) is 7.16. The van der Waals surface area contributed by atoms with Crippen LogP contribution in [0.4, 0.5) is 0 Å². The Balaban J connectivity index is 2.51. The number of rotatable bonds is 2. The molecule has 0 aromatic carbocycles. The minimum absolute atomic E-state index is 0.321. The van der Waals surface area contributed by atoms with E-state index in [1.54, 1.807) is 0 Å². The fourth-order valence-corrected chi connectivity index (χ4v) is 1.70. The van der Waals surface area contributed by atoms with E-state index in [4.69, 9.17) is 0 Å². The largest absolute Gasteiger partial charge is 0.437 e. The smallest absolute Gasteiger partial charge is 0.376 e. The topological polar surface area (TPSA) is 23.5 Å². The maximum absolute atomic E-state index is 9.36. The molecule has 2 nitrogen and oxygen atoms in total. The summed E-state index contributed by atoms with van der Waals surface area (Å²) in [5, 5.41) is 9.36. The first-order valence-electron chi connectivity index (χ1n) is 4.32. The second kappa shape index (κ2) is 3.93. The summed E-state index contributed by atoms with van der Waals surface area (Å²) in [5.41, 5.74) is 0. The Hall–Kier alpha value is -0.275. The molecule has 1 fully saturated rings. The van der Waals surface area contributed by atoms with Gasteiger partial charge in [0.2, 0.25) is 0 Å². The standard InChI is InChI=1S/C8H16BNO/c1-3-8-6-4-5-7-10(8)9(2)11/h3,8,11H,1,4-7H2,2H3. The maximum atomic E-state index is 9.36. The summed E-state index contributed by atoms with van der Waals surface area (Å²) in [4.78, 5) is 2.09. The van der Waals surface area contributed by atoms with Crippen molar-refractivity contribution in [3.05, 3.63) is 12.7 Å². The second-order valence-electron chi connectivity index (χ2n) is 3.17. The van der Waals surface area contributed by atoms with E-state index in [0.29, 0.717) is 6.04 Å². The van der Waals surface area contributed by atoms with Crippen molar-refractivity contribution in [2.24, 2.45) is 0 Å². The van der Waals surface area contributed by atoms with Crippen LogP contribution in [0.25, 0.3) is 0 Å². The molecule has 0 bridgehead atoms. The van der Waals surface area contributed by atoms with Gasteiger partial charge in [0, 0.05) is 6.04 Å². The van der Waals surface area contributed by atoms with E-state index in [1.165, 1.54) is 12.8 Å². The Kier molecular flexibility index (Phi) is 3.15. The molecule has 11 heavy (non-hydrogen) atoms. The highest BCUT2D eigenvalue weighted by Crippen LogP contribution is 2.17. The molecule has 0 aromatic rings. The third-order valence-electron chi connectivity index (χ3n) is 2.34. The molecule has 1 N–H and O–H groups in total. The Bertz CT molecular complexity index is 138. The van der Waals surface area contributed by atoms with Gasteiger partial charge in [0.25, 0.3) is 0 Å². The molecule has 1 rings (SSSR count). The van der Waals surface area contributed by atoms with Crippen molar-refractivity contribution < 1.29 is 5.02 Å². The molecule has 0 aliphatic carbocycles. The van der Waals surface area contributed by atoms with Gasteiger partial charge in [0.15, 0.2) is 0 Å². The van der Waals surface area contributed by atoms with Gasteiger partial charge in [-0.25, -0.2) is 0 Å². The van der Waals surface area contributed by atoms with Crippen LogP contribution in [0.5, 0.6) is 0 Å². The fraction of sp³-hybridized carbons (Fsp3) is 0.750. The van der Waals surface area contributed by atoms with Crippen molar-refractivity contribution in [3.63, 3.8) is 0 Å². The van der Waals surface area contributed by atoms with Gasteiger partial charge >= 0.3 is 7.05 Å². The molecule has 62 valence electrons. The lowest BCUT2D eigenvalue weighted by atomic mass is 9.80. The summed E-state index contributed by atoms with van der Waals surface area (Å²) >= 11 is 0. The molecule has 0 spiro atoms. The summed E-state index contributed by atoms with van der Waals surface area (Å²) < 4.78 is 0. The van der Waals surface area contributed by atoms with Crippen LogP contribution < -0.4 is 0 Å². The van der Waals surface area contributed by atoms with Gasteiger partial charge in [0.1, 0.15) is 0 Å². The van der Waals surface area contributed by atoms with Gasteiger partial charge in [-0.05, 0) is 26.2 Å². The van der Waals surface area contributed by atoms with Crippen molar-refractivity contribution in [2.45, 2.75) is 32.1 Å². The molecule has 1 aliphatic heterocycles. The van der Waals surface area contributed by atoms with Crippen molar-refractivity contribution in [1.82, 2.24) is 4.81 Å². The first kappa shape index (κ1) is 8.82. The Morgan fingerprint density at radius 2 is 2.36 bits per heavy atom. The second-order valence-corrected chi connectivity index (χ2v) is 3.17. The summed E-state index contributed by atoms with van der Waals surface area (Å²) in [6.45, 7) is 6.59. The molecule has 1 heterocycles. The third-order valence-corrected chi connectivity index (χ3v) is 2.34. The maximum Gasteiger partial charge on any atom is 0.376 e. The van der Waals surface area contributed by atoms with Gasteiger partial charge in [-0.3, -0.25) is 0 Å². The monoisotopic (exact) mass is 153 g/mol. The molecule has 1 saturated heterocycles. The third kappa shape index (κ3) is 2.07. The van der Waals surface area contributed by atoms with Crippen LogP contribution in [0.2, 0.25) is 6.82 Å². The molecule has 1 aliphatic rings. The lowest BCUT2D eigenvalue weighted by molar-refractivity contribution is 0.261. The quantitative estimate of drug-likeness (QED) is 0.474. The van der Waals surface area contributed by atoms with E-state index >= 15 is 0 Å². The minimum atomic E-state index is -0.321. The molecule has 0 radical (unpaired) electrons. The first-order chi connectivity index (χ1) is 5.25. The Morgan fingerprint density at radius 1 is 1.64 bits per heavy atom. The van der Waals surface area contributed by atoms with Gasteiger partial charge in [-0.2, -0.15) is 0 Å². The van der Waals surface area contributed by atoms with E-state index in [1.807, 2.05) is 12.9 Å². The van der Waals surface area contributed by atoms with Gasteiger partial charge in [0.05, 0.1) is 0 Å². The average Bonchev–Trinajstić information content (AvgIpc) is 2.04. The van der Waals surface area contributed by atoms with Crippen LogP contribution >= 0.6 is 0 Å². The SMILES string of the molecule is C=CC1CCCCN1B(C)O. The predicted molar refractivity (Wildman–Crippen MR) is 48.4 cm³/mol. The van der Waals surface area contributed by atoms with Crippen LogP contribution in [0.1, 0.15) is 19.3 Å². The highest BCUT2D eigenvalue weighted by Gasteiger charge is 2.25. The van der Waals surface area contributed by atoms with Crippen LogP contribution in [0.15, 0.2) is 12.7 Å². The van der Waals surface area contributed by atoms with E-state index in [9.17, 15) is 5.02 Å². The lowest BCUT2D eigenvalue weighted by Gasteiger charge is -2.34. The van der Waals surface area contributed by atoms with Crippen molar-refractivity contribution >= 4 is 7.05 Å². The molecule has 0 aromatic heterocycles. The van der Waals surface area contributed by atoms with Gasteiger partial charge in [-0.15, -0.1) is 6.58 Å². The van der Waals surface area contributed by atoms with Crippen LogP contribution in [-0.2, 0) is 0 Å². The zero-order valence-corrected chi connectivity index (χ0v) is 7.16. The number of nitrogens with zero attached hydrogens (tertiary/aromatic N) is 1. The normalized spacial score (nSPS) is 26.5. The molecular formula is C8H16BNO. The molecule has 1 unspecified atom stereocenters. The van der Waals surface area contributed by atoms with Crippen LogP contribution in [0.3, 0.4) is 0 Å². The first-order valence-corrected chi connectivity index (χ1v) is 4.32. The predicted octanol–water partition coefficient (Wildman–Crippen LogP) is 1.14. The van der Waals surface area contributed by atoms with Crippen LogP contribution in [-0.4, -0.2) is 29.5 Å². The highest BCUT2D eigenvalue weighted by molar-refractivity contribution is 6.45. The average molecular weight is 153 g/mol. The summed E-state index contributed by atoms with van der Waals surface area (Å²) in [5.74, 6) is 0.